The summed E-state index contributed by atoms with van der Waals surface area (Å²) >= 11 is 0. The summed E-state index contributed by atoms with van der Waals surface area (Å²) in [7, 11) is 0. The smallest absolute Gasteiger partial charge is 0.231 e. The maximum Gasteiger partial charge on any atom is 0.231 e. The van der Waals surface area contributed by atoms with Gasteiger partial charge in [-0.3, -0.25) is 14.5 Å². The van der Waals surface area contributed by atoms with Gasteiger partial charge in [-0.15, -0.1) is 0 Å². The number of H-pyrrole nitrogens is 1. The quantitative estimate of drug-likeness (QED) is 0.753. The molecule has 134 valence electrons. The highest BCUT2D eigenvalue weighted by atomic mass is 16.2. The molecule has 2 heterocycles. The Bertz CT molecular complexity index is 798. The Morgan fingerprint density at radius 1 is 1.40 bits per heavy atom. The number of aromatic amines is 1. The number of carbonyl (C=O) groups excluding carboxylic acids is 2. The molecule has 7 heteroatoms. The van der Waals surface area contributed by atoms with Crippen LogP contribution in [0.1, 0.15) is 29.8 Å². The third-order valence-electron chi connectivity index (χ3n) is 4.91. The van der Waals surface area contributed by atoms with E-state index in [4.69, 9.17) is 5.73 Å². The number of hydrogen-bond acceptors (Lipinski definition) is 4. The first-order valence-electron chi connectivity index (χ1n) is 8.67. The van der Waals surface area contributed by atoms with Gasteiger partial charge in [0, 0.05) is 6.54 Å². The van der Waals surface area contributed by atoms with Crippen molar-refractivity contribution in [1.29, 1.82) is 0 Å². The van der Waals surface area contributed by atoms with Crippen molar-refractivity contribution < 1.29 is 9.59 Å². The monoisotopic (exact) mass is 343 g/mol. The van der Waals surface area contributed by atoms with Crippen molar-refractivity contribution in [3.63, 3.8) is 0 Å². The molecule has 7 nitrogen and oxygen atoms in total. The summed E-state index contributed by atoms with van der Waals surface area (Å²) in [6.07, 6.45) is 1.73. The second-order valence-electron chi connectivity index (χ2n) is 6.85. The van der Waals surface area contributed by atoms with Gasteiger partial charge in [-0.2, -0.15) is 0 Å². The molecule has 4 N–H and O–H groups in total. The number of likely N-dealkylation sites (tertiary alicyclic amines) is 1. The Balaban J connectivity index is 1.60. The van der Waals surface area contributed by atoms with Crippen molar-refractivity contribution in [2.45, 2.75) is 33.2 Å². The predicted molar refractivity (Wildman–Crippen MR) is 95.8 cm³/mol. The fraction of sp³-hybridized carbons (Fsp3) is 0.500. The van der Waals surface area contributed by atoms with E-state index in [9.17, 15) is 9.59 Å². The number of aromatic nitrogens is 2. The lowest BCUT2D eigenvalue weighted by Crippen LogP contribution is -2.45. The van der Waals surface area contributed by atoms with Gasteiger partial charge in [0.05, 0.1) is 30.0 Å². The van der Waals surface area contributed by atoms with E-state index in [2.05, 4.69) is 35.2 Å². The second kappa shape index (κ2) is 7.23. The van der Waals surface area contributed by atoms with E-state index < -0.39 is 0 Å². The van der Waals surface area contributed by atoms with Crippen molar-refractivity contribution in [3.8, 4) is 0 Å². The van der Waals surface area contributed by atoms with E-state index in [1.807, 2.05) is 11.0 Å². The van der Waals surface area contributed by atoms with E-state index in [0.717, 1.165) is 41.8 Å². The number of hydrogen-bond donors (Lipinski definition) is 3. The lowest BCUT2D eigenvalue weighted by molar-refractivity contribution is -0.128. The molecule has 1 atom stereocenters. The summed E-state index contributed by atoms with van der Waals surface area (Å²) in [5.74, 6) is 0.292. The van der Waals surface area contributed by atoms with Crippen LogP contribution in [-0.2, 0) is 16.1 Å². The zero-order valence-corrected chi connectivity index (χ0v) is 14.8. The Morgan fingerprint density at radius 2 is 2.20 bits per heavy atom. The second-order valence-corrected chi connectivity index (χ2v) is 6.85. The minimum Gasteiger partial charge on any atom is -0.369 e. The zero-order valence-electron chi connectivity index (χ0n) is 14.8. The maximum absolute atomic E-state index is 12.4. The first kappa shape index (κ1) is 17.4. The van der Waals surface area contributed by atoms with Crippen LogP contribution in [0, 0.1) is 19.8 Å². The largest absolute Gasteiger partial charge is 0.369 e. The molecular weight excluding hydrogens is 318 g/mol. The van der Waals surface area contributed by atoms with Crippen LogP contribution in [0.2, 0.25) is 0 Å². The zero-order chi connectivity index (χ0) is 18.0. The number of primary amides is 1. The number of piperidine rings is 1. The number of benzene rings is 1. The number of carbonyl (C=O) groups is 2. The molecule has 1 saturated heterocycles. The van der Waals surface area contributed by atoms with E-state index in [1.54, 1.807) is 0 Å². The van der Waals surface area contributed by atoms with Crippen LogP contribution in [0.5, 0.6) is 0 Å². The number of fused-ring (bicyclic) bond motifs is 1. The molecule has 3 rings (SSSR count). The van der Waals surface area contributed by atoms with Crippen LogP contribution in [0.25, 0.3) is 11.0 Å². The number of aryl methyl sites for hydroxylation is 2. The molecule has 25 heavy (non-hydrogen) atoms. The number of rotatable bonds is 5. The van der Waals surface area contributed by atoms with Crippen molar-refractivity contribution in [2.24, 2.45) is 11.7 Å². The molecular formula is C18H25N5O2. The minimum atomic E-state index is -0.353. The van der Waals surface area contributed by atoms with Gasteiger partial charge in [0.2, 0.25) is 11.8 Å². The van der Waals surface area contributed by atoms with Gasteiger partial charge in [-0.05, 0) is 50.4 Å². The van der Waals surface area contributed by atoms with E-state index in [0.29, 0.717) is 13.1 Å². The lowest BCUT2D eigenvalue weighted by atomic mass is 9.97. The topological polar surface area (TPSA) is 104 Å². The van der Waals surface area contributed by atoms with Crippen LogP contribution in [0.15, 0.2) is 12.1 Å². The molecule has 0 bridgehead atoms. The molecule has 1 aromatic heterocycles. The Kier molecular flexibility index (Phi) is 5.03. The van der Waals surface area contributed by atoms with Crippen LogP contribution in [0.3, 0.4) is 0 Å². The summed E-state index contributed by atoms with van der Waals surface area (Å²) in [6.45, 7) is 6.09. The number of nitrogens with two attached hydrogens (primary N) is 1. The first-order chi connectivity index (χ1) is 11.9. The van der Waals surface area contributed by atoms with Gasteiger partial charge in [0.15, 0.2) is 0 Å². The van der Waals surface area contributed by atoms with Gasteiger partial charge in [0.25, 0.3) is 0 Å². The number of nitrogens with one attached hydrogen (secondary N) is 2. The minimum absolute atomic E-state index is 0.00234. The summed E-state index contributed by atoms with van der Waals surface area (Å²) in [4.78, 5) is 33.3. The highest BCUT2D eigenvalue weighted by Crippen LogP contribution is 2.20. The highest BCUT2D eigenvalue weighted by molar-refractivity contribution is 5.81. The molecule has 1 aliphatic rings. The Labute approximate surface area is 147 Å². The van der Waals surface area contributed by atoms with Crippen LogP contribution in [0.4, 0.5) is 0 Å². The van der Waals surface area contributed by atoms with Crippen molar-refractivity contribution in [1.82, 2.24) is 20.2 Å². The van der Waals surface area contributed by atoms with E-state index in [1.165, 1.54) is 5.56 Å². The summed E-state index contributed by atoms with van der Waals surface area (Å²) < 4.78 is 0. The third-order valence-corrected chi connectivity index (χ3v) is 4.91. The number of nitrogens with zero attached hydrogens (tertiary/aromatic N) is 2. The van der Waals surface area contributed by atoms with E-state index >= 15 is 0 Å². The van der Waals surface area contributed by atoms with Gasteiger partial charge in [-0.25, -0.2) is 4.98 Å². The molecule has 2 aromatic rings. The molecule has 1 aliphatic heterocycles. The summed E-state index contributed by atoms with van der Waals surface area (Å²) in [6, 6.07) is 4.08. The van der Waals surface area contributed by atoms with E-state index in [-0.39, 0.29) is 24.3 Å². The number of amides is 2. The molecule has 0 spiro atoms. The fourth-order valence-corrected chi connectivity index (χ4v) is 3.40. The van der Waals surface area contributed by atoms with Crippen molar-refractivity contribution in [2.75, 3.05) is 19.6 Å². The summed E-state index contributed by atoms with van der Waals surface area (Å²) in [5.41, 5.74) is 9.54. The standard InChI is InChI=1S/C18H25N5O2/c1-11-5-6-14-17(12(11)2)22-16(21-14)8-20-18(25)13-4-3-7-23(9-13)10-15(19)24/h5-6,13H,3-4,7-10H2,1-2H3,(H2,19,24)(H,20,25)(H,21,22)/t13-/m1/s1. The molecule has 0 radical (unpaired) electrons. The van der Waals surface area contributed by atoms with Crippen molar-refractivity contribution in [3.05, 3.63) is 29.1 Å². The number of imidazole rings is 1. The SMILES string of the molecule is Cc1ccc2[nH]c(CNC(=O)[C@@H]3CCCN(CC(N)=O)C3)nc2c1C. The van der Waals surface area contributed by atoms with Crippen LogP contribution in [-0.4, -0.2) is 46.3 Å². The fourth-order valence-electron chi connectivity index (χ4n) is 3.40. The molecule has 1 aromatic carbocycles. The average Bonchev–Trinajstić information content (AvgIpc) is 3.00. The maximum atomic E-state index is 12.4. The van der Waals surface area contributed by atoms with Crippen LogP contribution >= 0.6 is 0 Å². The van der Waals surface area contributed by atoms with Gasteiger partial charge in [-0.1, -0.05) is 6.07 Å². The average molecular weight is 343 g/mol. The highest BCUT2D eigenvalue weighted by Gasteiger charge is 2.26. The predicted octanol–water partition coefficient (Wildman–Crippen LogP) is 0.993. The Morgan fingerprint density at radius 3 is 2.96 bits per heavy atom. The molecule has 0 saturated carbocycles. The molecule has 2 amide bonds. The van der Waals surface area contributed by atoms with Gasteiger partial charge in [0.1, 0.15) is 5.82 Å². The first-order valence-corrected chi connectivity index (χ1v) is 8.67. The molecule has 1 fully saturated rings. The lowest BCUT2D eigenvalue weighted by Gasteiger charge is -2.30. The molecule has 0 aliphatic carbocycles. The Hall–Kier alpha value is -2.41. The normalized spacial score (nSPS) is 18.4. The molecule has 0 unspecified atom stereocenters. The van der Waals surface area contributed by atoms with Crippen molar-refractivity contribution >= 4 is 22.8 Å². The summed E-state index contributed by atoms with van der Waals surface area (Å²) in [5, 5.41) is 2.96. The van der Waals surface area contributed by atoms with Crippen LogP contribution < -0.4 is 11.1 Å². The van der Waals surface area contributed by atoms with Gasteiger partial charge >= 0.3 is 0 Å². The van der Waals surface area contributed by atoms with Gasteiger partial charge < -0.3 is 16.0 Å². The third kappa shape index (κ3) is 3.99.